The van der Waals surface area contributed by atoms with Gasteiger partial charge in [0.15, 0.2) is 0 Å². The fraction of sp³-hybridized carbons (Fsp3) is 0.900. The van der Waals surface area contributed by atoms with Gasteiger partial charge >= 0.3 is 5.97 Å². The highest BCUT2D eigenvalue weighted by molar-refractivity contribution is 5.66. The second-order valence-electron chi connectivity index (χ2n) is 4.23. The summed E-state index contributed by atoms with van der Waals surface area (Å²) in [7, 11) is 6.16. The van der Waals surface area contributed by atoms with Crippen molar-refractivity contribution in [1.29, 1.82) is 0 Å². The van der Waals surface area contributed by atoms with Gasteiger partial charge in [-0.05, 0) is 6.42 Å². The molecule has 14 heavy (non-hydrogen) atoms. The van der Waals surface area contributed by atoms with E-state index in [1.165, 1.54) is 0 Å². The molecule has 0 aliphatic carbocycles. The quantitative estimate of drug-likeness (QED) is 0.658. The van der Waals surface area contributed by atoms with E-state index in [0.717, 1.165) is 23.9 Å². The fourth-order valence-electron chi connectivity index (χ4n) is 0.628. The number of hydrogen-bond donors (Lipinski definition) is 2. The van der Waals surface area contributed by atoms with Gasteiger partial charge in [0.25, 0.3) is 0 Å². The van der Waals surface area contributed by atoms with Crippen molar-refractivity contribution in [3.05, 3.63) is 0 Å². The largest absolute Gasteiger partial charge is 0.481 e. The zero-order valence-corrected chi connectivity index (χ0v) is 9.79. The second-order valence-corrected chi connectivity index (χ2v) is 4.23. The lowest BCUT2D eigenvalue weighted by atomic mass is 10.3. The number of rotatable bonds is 5. The summed E-state index contributed by atoms with van der Waals surface area (Å²) in [6.45, 7) is 3.09. The summed E-state index contributed by atoms with van der Waals surface area (Å²) in [6, 6.07) is 0. The number of carboxylic acids is 1. The minimum absolute atomic E-state index is 0.281. The van der Waals surface area contributed by atoms with E-state index in [1.54, 1.807) is 0 Å². The zero-order valence-electron chi connectivity index (χ0n) is 9.79. The molecule has 0 saturated carbocycles. The molecule has 0 heterocycles. The third kappa shape index (κ3) is 22.5. The lowest BCUT2D eigenvalue weighted by Gasteiger charge is -2.21. The van der Waals surface area contributed by atoms with E-state index in [2.05, 4.69) is 21.1 Å². The molecule has 0 rings (SSSR count). The van der Waals surface area contributed by atoms with Crippen molar-refractivity contribution in [1.82, 2.24) is 0 Å². The van der Waals surface area contributed by atoms with Crippen LogP contribution >= 0.6 is 0 Å². The van der Waals surface area contributed by atoms with Crippen molar-refractivity contribution >= 4 is 5.97 Å². The van der Waals surface area contributed by atoms with Crippen molar-refractivity contribution in [2.45, 2.75) is 26.2 Å². The van der Waals surface area contributed by atoms with Gasteiger partial charge in [-0.25, -0.2) is 0 Å². The van der Waals surface area contributed by atoms with Crippen LogP contribution in [0.4, 0.5) is 0 Å². The molecule has 0 aromatic carbocycles. The van der Waals surface area contributed by atoms with Crippen molar-refractivity contribution in [3.8, 4) is 0 Å². The Morgan fingerprint density at radius 3 is 1.86 bits per heavy atom. The average Bonchev–Trinajstić information content (AvgIpc) is 1.99. The van der Waals surface area contributed by atoms with Gasteiger partial charge in [0.1, 0.15) is 6.54 Å². The third-order valence-electron chi connectivity index (χ3n) is 1.52. The number of carboxylic acid groups (broad SMARTS) is 1. The first-order chi connectivity index (χ1) is 6.33. The SMILES string of the molecule is CCCCC(=O)O.C[N+](C)(C)CCO. The Morgan fingerprint density at radius 1 is 1.29 bits per heavy atom. The summed E-state index contributed by atoms with van der Waals surface area (Å²) >= 11 is 0. The number of carbonyl (C=O) groups is 1. The summed E-state index contributed by atoms with van der Waals surface area (Å²) in [5, 5.41) is 16.4. The minimum Gasteiger partial charge on any atom is -0.481 e. The molecule has 0 aromatic heterocycles. The molecule has 2 N–H and O–H groups in total. The summed E-state index contributed by atoms with van der Waals surface area (Å²) in [4.78, 5) is 9.76. The third-order valence-corrected chi connectivity index (χ3v) is 1.52. The predicted octanol–water partition coefficient (Wildman–Crippen LogP) is 0.946. The van der Waals surface area contributed by atoms with Crippen LogP contribution < -0.4 is 0 Å². The van der Waals surface area contributed by atoms with Crippen LogP contribution in [0.1, 0.15) is 26.2 Å². The lowest BCUT2D eigenvalue weighted by Crippen LogP contribution is -2.36. The number of aliphatic hydroxyl groups is 1. The maximum atomic E-state index is 9.76. The van der Waals surface area contributed by atoms with Gasteiger partial charge in [-0.3, -0.25) is 4.79 Å². The molecular formula is C10H24NO3+. The number of aliphatic carboxylic acids is 1. The van der Waals surface area contributed by atoms with Crippen molar-refractivity contribution in [2.24, 2.45) is 0 Å². The molecule has 0 aromatic rings. The van der Waals surface area contributed by atoms with E-state index in [-0.39, 0.29) is 6.61 Å². The normalized spacial score (nSPS) is 10.4. The molecule has 0 saturated heterocycles. The summed E-state index contributed by atoms with van der Waals surface area (Å²) < 4.78 is 0.844. The van der Waals surface area contributed by atoms with E-state index in [0.29, 0.717) is 6.42 Å². The summed E-state index contributed by atoms with van der Waals surface area (Å²) in [5.74, 6) is -0.693. The highest BCUT2D eigenvalue weighted by Gasteiger charge is 2.02. The maximum absolute atomic E-state index is 9.76. The molecule has 0 atom stereocenters. The van der Waals surface area contributed by atoms with Crippen LogP contribution in [0.2, 0.25) is 0 Å². The highest BCUT2D eigenvalue weighted by atomic mass is 16.4. The Balaban J connectivity index is 0. The molecule has 0 fully saturated rings. The summed E-state index contributed by atoms with van der Waals surface area (Å²) in [6.07, 6.45) is 2.08. The number of hydrogen-bond acceptors (Lipinski definition) is 2. The van der Waals surface area contributed by atoms with Gasteiger partial charge in [-0.15, -0.1) is 0 Å². The smallest absolute Gasteiger partial charge is 0.303 e. The first-order valence-corrected chi connectivity index (χ1v) is 4.96. The molecule has 0 radical (unpaired) electrons. The fourth-order valence-corrected chi connectivity index (χ4v) is 0.628. The standard InChI is InChI=1S/C5H14NO.C5H10O2/c1-6(2,3)4-5-7;1-2-3-4-5(6)7/h7H,4-5H2,1-3H3;2-4H2,1H3,(H,6,7)/q+1;. The molecule has 0 aliphatic heterocycles. The Kier molecular flexibility index (Phi) is 10.1. The molecule has 4 heteroatoms. The topological polar surface area (TPSA) is 57.5 Å². The number of likely N-dealkylation sites (N-methyl/N-ethyl adjacent to an activating group) is 1. The number of nitrogens with zero attached hydrogens (tertiary/aromatic N) is 1. The van der Waals surface area contributed by atoms with Gasteiger partial charge < -0.3 is 14.7 Å². The van der Waals surface area contributed by atoms with Gasteiger partial charge in [0.05, 0.1) is 27.7 Å². The molecular weight excluding hydrogens is 182 g/mol. The van der Waals surface area contributed by atoms with Crippen LogP contribution in [0.5, 0.6) is 0 Å². The number of aliphatic hydroxyl groups excluding tert-OH is 1. The predicted molar refractivity (Wildman–Crippen MR) is 57.1 cm³/mol. The maximum Gasteiger partial charge on any atom is 0.303 e. The van der Waals surface area contributed by atoms with E-state index in [1.807, 2.05) is 6.92 Å². The van der Waals surface area contributed by atoms with Crippen molar-refractivity contribution in [3.63, 3.8) is 0 Å². The van der Waals surface area contributed by atoms with Crippen molar-refractivity contribution < 1.29 is 19.5 Å². The first kappa shape index (κ1) is 15.8. The van der Waals surface area contributed by atoms with Crippen LogP contribution in [-0.4, -0.2) is 55.0 Å². The van der Waals surface area contributed by atoms with Gasteiger partial charge in [-0.2, -0.15) is 0 Å². The van der Waals surface area contributed by atoms with E-state index >= 15 is 0 Å². The first-order valence-electron chi connectivity index (χ1n) is 4.96. The van der Waals surface area contributed by atoms with E-state index in [9.17, 15) is 4.79 Å². The van der Waals surface area contributed by atoms with Gasteiger partial charge in [0, 0.05) is 6.42 Å². The second kappa shape index (κ2) is 8.97. The minimum atomic E-state index is -0.693. The lowest BCUT2D eigenvalue weighted by molar-refractivity contribution is -0.870. The monoisotopic (exact) mass is 206 g/mol. The Morgan fingerprint density at radius 2 is 1.79 bits per heavy atom. The molecule has 0 unspecified atom stereocenters. The molecule has 0 aliphatic rings. The van der Waals surface area contributed by atoms with E-state index in [4.69, 9.17) is 10.2 Å². The average molecular weight is 206 g/mol. The number of unbranched alkanes of at least 4 members (excludes halogenated alkanes) is 1. The van der Waals surface area contributed by atoms with Crippen molar-refractivity contribution in [2.75, 3.05) is 34.3 Å². The Bertz CT molecular complexity index is 141. The van der Waals surface area contributed by atoms with Crippen LogP contribution in [0, 0.1) is 0 Å². The summed E-state index contributed by atoms with van der Waals surface area (Å²) in [5.41, 5.74) is 0. The van der Waals surface area contributed by atoms with Gasteiger partial charge in [-0.1, -0.05) is 13.3 Å². The zero-order chi connectivity index (χ0) is 11.6. The molecule has 4 nitrogen and oxygen atoms in total. The molecule has 86 valence electrons. The number of quaternary nitrogens is 1. The van der Waals surface area contributed by atoms with Crippen LogP contribution in [0.25, 0.3) is 0 Å². The van der Waals surface area contributed by atoms with Crippen LogP contribution in [0.3, 0.4) is 0 Å². The van der Waals surface area contributed by atoms with Gasteiger partial charge in [0.2, 0.25) is 0 Å². The molecule has 0 spiro atoms. The van der Waals surface area contributed by atoms with Crippen LogP contribution in [0.15, 0.2) is 0 Å². The van der Waals surface area contributed by atoms with Crippen LogP contribution in [-0.2, 0) is 4.79 Å². The Labute approximate surface area is 86.7 Å². The highest BCUT2D eigenvalue weighted by Crippen LogP contribution is 1.91. The van der Waals surface area contributed by atoms with E-state index < -0.39 is 5.97 Å². The molecule has 0 amide bonds. The molecule has 0 bridgehead atoms. The Hall–Kier alpha value is -0.610.